The van der Waals surface area contributed by atoms with Crippen molar-refractivity contribution in [2.24, 2.45) is 0 Å². The Balaban J connectivity index is 1.27. The number of carbonyl (C=O) groups is 3. The largest absolute Gasteiger partial charge is 0.492 e. The second-order valence-electron chi connectivity index (χ2n) is 11.1. The predicted molar refractivity (Wildman–Crippen MR) is 151 cm³/mol. The number of pyridine rings is 1. The Labute approximate surface area is 239 Å². The van der Waals surface area contributed by atoms with Gasteiger partial charge in [0.2, 0.25) is 5.43 Å². The van der Waals surface area contributed by atoms with E-state index in [1.54, 1.807) is 4.57 Å². The van der Waals surface area contributed by atoms with Crippen LogP contribution in [0.4, 0.5) is 20.2 Å². The van der Waals surface area contributed by atoms with E-state index in [1.165, 1.54) is 30.3 Å². The lowest BCUT2D eigenvalue weighted by Gasteiger charge is -2.40. The van der Waals surface area contributed by atoms with E-state index in [0.717, 1.165) is 37.8 Å². The molecule has 10 nitrogen and oxygen atoms in total. The van der Waals surface area contributed by atoms with Crippen LogP contribution in [0.15, 0.2) is 35.3 Å². The summed E-state index contributed by atoms with van der Waals surface area (Å²) in [6.45, 7) is 1.63. The zero-order chi connectivity index (χ0) is 29.9. The van der Waals surface area contributed by atoms with Crippen LogP contribution in [0.3, 0.4) is 0 Å². The van der Waals surface area contributed by atoms with Crippen LogP contribution in [0.5, 0.6) is 5.75 Å². The van der Waals surface area contributed by atoms with Gasteiger partial charge in [-0.15, -0.1) is 0 Å². The molecule has 1 atom stereocenters. The van der Waals surface area contributed by atoms with Crippen LogP contribution in [-0.4, -0.2) is 78.6 Å². The van der Waals surface area contributed by atoms with E-state index in [1.807, 2.05) is 11.9 Å². The summed E-state index contributed by atoms with van der Waals surface area (Å²) in [4.78, 5) is 55.0. The minimum Gasteiger partial charge on any atom is -0.492 e. The van der Waals surface area contributed by atoms with Gasteiger partial charge in [0.25, 0.3) is 11.7 Å². The molecule has 1 aliphatic carbocycles. The molecule has 42 heavy (non-hydrogen) atoms. The van der Waals surface area contributed by atoms with Crippen molar-refractivity contribution in [1.29, 1.82) is 0 Å². The van der Waals surface area contributed by atoms with Crippen molar-refractivity contribution >= 4 is 39.9 Å². The highest BCUT2D eigenvalue weighted by Gasteiger charge is 2.37. The topological polar surface area (TPSA) is 112 Å². The fourth-order valence-electron chi connectivity index (χ4n) is 6.18. The molecule has 12 heteroatoms. The summed E-state index contributed by atoms with van der Waals surface area (Å²) < 4.78 is 36.9. The zero-order valence-electron chi connectivity index (χ0n) is 23.2. The number of rotatable bonds is 8. The molecule has 1 saturated carbocycles. The second-order valence-corrected chi connectivity index (χ2v) is 11.1. The Morgan fingerprint density at radius 2 is 1.90 bits per heavy atom. The van der Waals surface area contributed by atoms with Crippen molar-refractivity contribution in [3.8, 4) is 5.75 Å². The molecule has 2 aliphatic heterocycles. The average Bonchev–Trinajstić information content (AvgIpc) is 3.79. The number of anilines is 2. The lowest BCUT2D eigenvalue weighted by molar-refractivity contribution is -0.114. The number of aromatic nitrogens is 1. The van der Waals surface area contributed by atoms with E-state index in [2.05, 4.69) is 4.90 Å². The van der Waals surface area contributed by atoms with E-state index in [0.29, 0.717) is 30.8 Å². The van der Waals surface area contributed by atoms with Crippen molar-refractivity contribution in [2.75, 3.05) is 50.1 Å². The minimum absolute atomic E-state index is 0.000418. The van der Waals surface area contributed by atoms with Gasteiger partial charge in [-0.25, -0.2) is 13.6 Å². The lowest BCUT2D eigenvalue weighted by Crippen LogP contribution is -2.49. The van der Waals surface area contributed by atoms with Crippen molar-refractivity contribution in [2.45, 2.75) is 37.8 Å². The fourth-order valence-corrected chi connectivity index (χ4v) is 6.18. The maximum atomic E-state index is 15.8. The van der Waals surface area contributed by atoms with Crippen LogP contribution < -0.4 is 20.0 Å². The van der Waals surface area contributed by atoms with Crippen LogP contribution in [0, 0.1) is 11.6 Å². The van der Waals surface area contributed by atoms with E-state index in [9.17, 15) is 28.7 Å². The van der Waals surface area contributed by atoms with Gasteiger partial charge in [0.05, 0.1) is 29.3 Å². The van der Waals surface area contributed by atoms with Crippen molar-refractivity contribution < 1.29 is 33.0 Å². The number of hydrogen-bond donors (Lipinski definition) is 1. The molecule has 3 heterocycles. The number of aromatic carboxylic acids is 1. The summed E-state index contributed by atoms with van der Waals surface area (Å²) in [5.74, 6) is -3.84. The summed E-state index contributed by atoms with van der Waals surface area (Å²) in [7, 11) is 3.31. The summed E-state index contributed by atoms with van der Waals surface area (Å²) in [5, 5.41) is 9.55. The number of nitrogens with zero attached hydrogens (tertiary/aromatic N) is 4. The molecule has 0 radical (unpaired) electrons. The first-order chi connectivity index (χ1) is 20.1. The SMILES string of the molecule is COc1c(N2CCCC(N(C)CCN3C(=O)C(=O)c4cc(F)ccc43)C2)c(F)cc2c(=O)c(C(=O)O)cn(C3CC3)c12. The number of ether oxygens (including phenoxy) is 1. The first-order valence-corrected chi connectivity index (χ1v) is 13.9. The third kappa shape index (κ3) is 4.59. The highest BCUT2D eigenvalue weighted by molar-refractivity contribution is 6.52. The van der Waals surface area contributed by atoms with E-state index >= 15 is 4.39 Å². The Morgan fingerprint density at radius 3 is 2.60 bits per heavy atom. The number of fused-ring (bicyclic) bond motifs is 2. The molecule has 1 amide bonds. The number of halogens is 2. The van der Waals surface area contributed by atoms with E-state index in [-0.39, 0.29) is 41.0 Å². The first kappa shape index (κ1) is 27.8. The van der Waals surface area contributed by atoms with Gasteiger partial charge in [0.15, 0.2) is 11.6 Å². The molecule has 6 rings (SSSR count). The van der Waals surface area contributed by atoms with Crippen LogP contribution in [0.2, 0.25) is 0 Å². The Bertz CT molecular complexity index is 1700. The van der Waals surface area contributed by atoms with Crippen molar-refractivity contribution in [1.82, 2.24) is 9.47 Å². The molecule has 0 bridgehead atoms. The highest BCUT2D eigenvalue weighted by atomic mass is 19.1. The molecule has 0 spiro atoms. The smallest absolute Gasteiger partial charge is 0.341 e. The Morgan fingerprint density at radius 1 is 1.14 bits per heavy atom. The maximum Gasteiger partial charge on any atom is 0.341 e. The second kappa shape index (κ2) is 10.5. The minimum atomic E-state index is -1.36. The number of methoxy groups -OCH3 is 1. The van der Waals surface area contributed by atoms with Gasteiger partial charge in [0.1, 0.15) is 17.1 Å². The Kier molecular flexibility index (Phi) is 6.96. The molecule has 3 aromatic rings. The van der Waals surface area contributed by atoms with Crippen LogP contribution in [0.1, 0.15) is 52.4 Å². The molecule has 1 N–H and O–H groups in total. The van der Waals surface area contributed by atoms with E-state index in [4.69, 9.17) is 4.74 Å². The number of benzene rings is 2. The number of carboxylic acids is 1. The zero-order valence-corrected chi connectivity index (χ0v) is 23.2. The van der Waals surface area contributed by atoms with Crippen molar-refractivity contribution in [3.05, 3.63) is 63.4 Å². The molecule has 2 aromatic carbocycles. The maximum absolute atomic E-state index is 15.8. The van der Waals surface area contributed by atoms with Crippen LogP contribution in [-0.2, 0) is 4.79 Å². The first-order valence-electron chi connectivity index (χ1n) is 13.9. The van der Waals surface area contributed by atoms with E-state index < -0.39 is 40.3 Å². The third-order valence-corrected chi connectivity index (χ3v) is 8.52. The van der Waals surface area contributed by atoms with Gasteiger partial charge in [-0.3, -0.25) is 19.3 Å². The summed E-state index contributed by atoms with van der Waals surface area (Å²) >= 11 is 0. The van der Waals surface area contributed by atoms with Gasteiger partial charge in [-0.2, -0.15) is 0 Å². The molecular formula is C30H30F2N4O6. The third-order valence-electron chi connectivity index (χ3n) is 8.52. The summed E-state index contributed by atoms with van der Waals surface area (Å²) in [6.07, 6.45) is 4.51. The number of carboxylic acid groups (broad SMARTS) is 1. The number of carbonyl (C=O) groups excluding carboxylic acids is 2. The molecule has 220 valence electrons. The lowest BCUT2D eigenvalue weighted by atomic mass is 10.0. The molecule has 3 aliphatic rings. The molecule has 1 aromatic heterocycles. The monoisotopic (exact) mass is 580 g/mol. The highest BCUT2D eigenvalue weighted by Crippen LogP contribution is 2.44. The molecular weight excluding hydrogens is 550 g/mol. The molecule has 1 saturated heterocycles. The quantitative estimate of drug-likeness (QED) is 0.404. The summed E-state index contributed by atoms with van der Waals surface area (Å²) in [6, 6.07) is 4.82. The number of piperidine rings is 1. The van der Waals surface area contributed by atoms with Gasteiger partial charge in [-0.1, -0.05) is 0 Å². The van der Waals surface area contributed by atoms with Gasteiger partial charge < -0.3 is 24.2 Å². The Hall–Kier alpha value is -4.32. The van der Waals surface area contributed by atoms with Gasteiger partial charge >= 0.3 is 5.97 Å². The summed E-state index contributed by atoms with van der Waals surface area (Å²) in [5.41, 5.74) is -0.111. The number of ketones is 1. The predicted octanol–water partition coefficient (Wildman–Crippen LogP) is 3.45. The molecule has 2 fully saturated rings. The molecule has 1 unspecified atom stereocenters. The van der Waals surface area contributed by atoms with Crippen molar-refractivity contribution in [3.63, 3.8) is 0 Å². The number of likely N-dealkylation sites (N-methyl/N-ethyl adjacent to an activating group) is 1. The van der Waals surface area contributed by atoms with Gasteiger partial charge in [-0.05, 0) is 57.0 Å². The number of hydrogen-bond acceptors (Lipinski definition) is 7. The number of Topliss-reactive ketones (excluding diaryl/α,β-unsaturated/α-hetero) is 1. The average molecular weight is 581 g/mol. The normalized spacial score (nSPS) is 18.7. The fraction of sp³-hybridized carbons (Fsp3) is 0.400. The van der Waals surface area contributed by atoms with Gasteiger partial charge in [0, 0.05) is 44.5 Å². The van der Waals surface area contributed by atoms with Crippen LogP contribution >= 0.6 is 0 Å². The number of amides is 1. The standard InChI is InChI=1S/C30H30F2N4O6/c1-33(10-11-35-23-8-5-16(31)12-19(23)27(38)29(35)39)18-4-3-9-34(14-18)25-22(32)13-20-24(28(25)42-2)36(17-6-7-17)15-21(26(20)37)30(40)41/h5,8,12-13,15,17-18H,3-4,6-7,9-11,14H2,1-2H3,(H,40,41). The van der Waals surface area contributed by atoms with Crippen LogP contribution in [0.25, 0.3) is 10.9 Å².